The number of methoxy groups -OCH3 is 1. The summed E-state index contributed by atoms with van der Waals surface area (Å²) in [6.45, 7) is 33.2. The molecule has 4 aliphatic rings. The molecule has 139 heavy (non-hydrogen) atoms. The van der Waals surface area contributed by atoms with Crippen molar-refractivity contribution in [1.82, 2.24) is 0 Å². The fraction of sp³-hybridized carbons (Fsp3) is 0.504. The lowest BCUT2D eigenvalue weighted by Gasteiger charge is -2.33. The average molecular weight is 1890 g/mol. The normalized spacial score (nSPS) is 15.0. The molecule has 2 aliphatic heterocycles. The van der Waals surface area contributed by atoms with Gasteiger partial charge in [0.15, 0.2) is 34.5 Å². The molecule has 10 heteroatoms. The van der Waals surface area contributed by atoms with Gasteiger partial charge in [0.05, 0.1) is 65.0 Å². The quantitative estimate of drug-likeness (QED) is 0.0274. The number of fused-ring (bicyclic) bond motifs is 18. The third-order valence-corrected chi connectivity index (χ3v) is 33.6. The predicted molar refractivity (Wildman–Crippen MR) is 596 cm³/mol. The average Bonchev–Trinajstić information content (AvgIpc) is 1.50. The molecule has 10 aromatic carbocycles. The second-order valence-electron chi connectivity index (χ2n) is 41.4. The summed E-state index contributed by atoms with van der Waals surface area (Å²) in [5.74, 6) is 8.86. The van der Waals surface area contributed by atoms with Crippen LogP contribution in [0.3, 0.4) is 0 Å². The van der Waals surface area contributed by atoms with Crippen LogP contribution in [0.25, 0.3) is 62.7 Å². The molecule has 10 aromatic rings. The van der Waals surface area contributed by atoms with E-state index >= 15 is 0 Å². The molecule has 14 rings (SSSR count). The molecule has 4 bridgehead atoms. The monoisotopic (exact) mass is 1890 g/mol. The van der Waals surface area contributed by atoms with Crippen molar-refractivity contribution in [1.29, 1.82) is 0 Å². The summed E-state index contributed by atoms with van der Waals surface area (Å²) in [4.78, 5) is 2.34. The number of hydrogen-bond acceptors (Lipinski definition) is 9. The van der Waals surface area contributed by atoms with Gasteiger partial charge in [-0.25, -0.2) is 0 Å². The summed E-state index contributed by atoms with van der Waals surface area (Å²) in [6, 6.07) is 69.7. The maximum Gasteiger partial charge on any atom is 0.161 e. The van der Waals surface area contributed by atoms with E-state index in [2.05, 4.69) is 300 Å². The fourth-order valence-corrected chi connectivity index (χ4v) is 24.2. The van der Waals surface area contributed by atoms with E-state index in [0.29, 0.717) is 38.3 Å². The maximum atomic E-state index is 7.22. The van der Waals surface area contributed by atoms with Crippen molar-refractivity contribution >= 4 is 48.6 Å². The highest BCUT2D eigenvalue weighted by Gasteiger charge is 2.53. The van der Waals surface area contributed by atoms with Crippen LogP contribution >= 0.6 is 0 Å². The van der Waals surface area contributed by atoms with Crippen molar-refractivity contribution in [2.75, 3.05) is 45.0 Å². The van der Waals surface area contributed by atoms with Gasteiger partial charge >= 0.3 is 0 Å². The largest absolute Gasteiger partial charge is 0.496 e. The Morgan fingerprint density at radius 2 is 0.906 bits per heavy atom. The molecular weight excluding hydrogens is 1720 g/mol. The summed E-state index contributed by atoms with van der Waals surface area (Å²) < 4.78 is 54.8. The standard InChI is InChI=1S/C85H111NO6.C44H62O2Si/c1-9-15-20-24-28-32-49-87-81-57-71-72-58-82(88-50-33-29-25-21-16-10-2)84(90-52-35-31-27-23-18-12-4)60-76(72)85(75(71)59-83(81)89-51-34-30-26-22-17-11-3)73-53-62(7)37-45-69(73)70-46-39-65(55-74(70)85)66-40-48-78-80(56-66)92-79-54-63(8)38-47-77(79)86(78)67-41-43-68(44-42-67)91-61-64(14-6)36-19-13-5;1-7-10-12-15-23-36-24-16-13-19-31-47(5,6)40-26-20-25-37(32-40)41-27-18-17-22-35(41)29-30-39-34-44(46-42(36)28-14-11-8-2)38(21-9-3)33-43(39)45-4/h37-48,53-60,64H,9-36,49-52,61H2,1-8H3;9,17-18,20-22,25-27,29-30,32-34,36,42H,7-8,10-16,19,23-24,28,31H2,1-6H3/b;21-9+,30-29?. The number of anilines is 3. The van der Waals surface area contributed by atoms with Gasteiger partial charge in [-0.05, 0) is 259 Å². The van der Waals surface area contributed by atoms with E-state index in [0.717, 1.165) is 179 Å². The van der Waals surface area contributed by atoms with Crippen LogP contribution in [-0.2, 0) is 5.41 Å². The third kappa shape index (κ3) is 28.3. The molecular formula is C129H173NO8Si. The van der Waals surface area contributed by atoms with E-state index in [-0.39, 0.29) is 6.10 Å². The van der Waals surface area contributed by atoms with Crippen molar-refractivity contribution < 1.29 is 37.9 Å². The number of allylic oxidation sites excluding steroid dienone is 1. The Labute approximate surface area is 842 Å². The Kier molecular flexibility index (Phi) is 42.5. The summed E-state index contributed by atoms with van der Waals surface area (Å²) in [6.07, 6.45) is 59.1. The summed E-state index contributed by atoms with van der Waals surface area (Å²) >= 11 is 0. The van der Waals surface area contributed by atoms with Crippen LogP contribution in [0, 0.1) is 25.7 Å². The molecule has 0 N–H and O–H groups in total. The zero-order valence-electron chi connectivity index (χ0n) is 88.3. The van der Waals surface area contributed by atoms with Gasteiger partial charge in [-0.15, -0.1) is 0 Å². The Hall–Kier alpha value is -9.90. The lowest BCUT2D eigenvalue weighted by molar-refractivity contribution is 0.106. The minimum atomic E-state index is -1.57. The zero-order valence-corrected chi connectivity index (χ0v) is 89.3. The lowest BCUT2D eigenvalue weighted by atomic mass is 9.70. The number of nitrogens with zero attached hydrogens (tertiary/aromatic N) is 1. The highest BCUT2D eigenvalue weighted by atomic mass is 28.3. The molecule has 2 aliphatic carbocycles. The molecule has 746 valence electrons. The van der Waals surface area contributed by atoms with Crippen LogP contribution in [0.15, 0.2) is 188 Å². The van der Waals surface area contributed by atoms with E-state index in [1.165, 1.54) is 261 Å². The van der Waals surface area contributed by atoms with Gasteiger partial charge in [0, 0.05) is 16.8 Å². The molecule has 0 amide bonds. The number of aryl methyl sites for hydroxylation is 2. The van der Waals surface area contributed by atoms with Gasteiger partial charge in [-0.3, -0.25) is 0 Å². The van der Waals surface area contributed by atoms with Crippen LogP contribution < -0.4 is 48.0 Å². The van der Waals surface area contributed by atoms with Gasteiger partial charge in [-0.1, -0.05) is 406 Å². The molecule has 0 fully saturated rings. The minimum absolute atomic E-state index is 0.229. The van der Waals surface area contributed by atoms with Crippen LogP contribution in [0.5, 0.6) is 51.7 Å². The number of hydrogen-bond donors (Lipinski definition) is 0. The molecule has 0 aromatic heterocycles. The van der Waals surface area contributed by atoms with Crippen molar-refractivity contribution in [3.63, 3.8) is 0 Å². The number of unbranched alkanes of at least 4 members (excludes halogenated alkanes) is 26. The second-order valence-corrected chi connectivity index (χ2v) is 46.2. The van der Waals surface area contributed by atoms with Gasteiger partial charge in [0.1, 0.15) is 23.4 Å². The highest BCUT2D eigenvalue weighted by Crippen LogP contribution is 2.66. The molecule has 2 heterocycles. The van der Waals surface area contributed by atoms with E-state index in [9.17, 15) is 0 Å². The van der Waals surface area contributed by atoms with Gasteiger partial charge in [0.2, 0.25) is 0 Å². The number of benzene rings is 10. The first-order valence-corrected chi connectivity index (χ1v) is 58.8. The second kappa shape index (κ2) is 55.5. The maximum absolute atomic E-state index is 7.22. The number of rotatable bonds is 52. The van der Waals surface area contributed by atoms with Crippen LogP contribution in [0.1, 0.15) is 376 Å². The topological polar surface area (TPSA) is 77.1 Å². The first-order valence-electron chi connectivity index (χ1n) is 55.6. The van der Waals surface area contributed by atoms with Gasteiger partial charge < -0.3 is 42.8 Å². The molecule has 3 unspecified atom stereocenters. The number of ether oxygens (including phenoxy) is 8. The first kappa shape index (κ1) is 106. The van der Waals surface area contributed by atoms with Gasteiger partial charge in [-0.2, -0.15) is 0 Å². The van der Waals surface area contributed by atoms with Crippen molar-refractivity contribution in [3.8, 4) is 96.3 Å². The van der Waals surface area contributed by atoms with E-state index in [1.807, 2.05) is 0 Å². The molecule has 0 saturated heterocycles. The fourth-order valence-electron chi connectivity index (χ4n) is 21.7. The Balaban J connectivity index is 0.000000290. The van der Waals surface area contributed by atoms with Gasteiger partial charge in [0.25, 0.3) is 0 Å². The minimum Gasteiger partial charge on any atom is -0.496 e. The van der Waals surface area contributed by atoms with Crippen molar-refractivity contribution in [3.05, 3.63) is 238 Å². The molecule has 3 atom stereocenters. The Morgan fingerprint density at radius 1 is 0.403 bits per heavy atom. The smallest absolute Gasteiger partial charge is 0.161 e. The van der Waals surface area contributed by atoms with E-state index < -0.39 is 13.5 Å². The Bertz CT molecular complexity index is 5410. The highest BCUT2D eigenvalue weighted by molar-refractivity contribution is 6.89. The summed E-state index contributed by atoms with van der Waals surface area (Å²) in [5.41, 5.74) is 22.6. The first-order chi connectivity index (χ1) is 68.1. The predicted octanol–water partition coefficient (Wildman–Crippen LogP) is 38.4. The van der Waals surface area contributed by atoms with Crippen molar-refractivity contribution in [2.45, 2.75) is 370 Å². The van der Waals surface area contributed by atoms with E-state index in [1.54, 1.807) is 12.3 Å². The molecule has 0 radical (unpaired) electrons. The Morgan fingerprint density at radius 3 is 1.50 bits per heavy atom. The van der Waals surface area contributed by atoms with Crippen LogP contribution in [-0.4, -0.2) is 54.3 Å². The van der Waals surface area contributed by atoms with Crippen molar-refractivity contribution in [2.24, 2.45) is 11.8 Å². The third-order valence-electron chi connectivity index (χ3n) is 30.1. The van der Waals surface area contributed by atoms with E-state index in [4.69, 9.17) is 37.9 Å². The summed E-state index contributed by atoms with van der Waals surface area (Å²) in [7, 11) is 0.207. The molecule has 0 saturated carbocycles. The summed E-state index contributed by atoms with van der Waals surface area (Å²) in [5, 5.41) is 1.57. The van der Waals surface area contributed by atoms with Crippen LogP contribution in [0.4, 0.5) is 17.1 Å². The zero-order chi connectivity index (χ0) is 97.6. The molecule has 9 nitrogen and oxygen atoms in total. The van der Waals surface area contributed by atoms with Crippen LogP contribution in [0.2, 0.25) is 19.1 Å². The lowest BCUT2D eigenvalue weighted by Crippen LogP contribution is -2.41. The SMILES string of the molecule is C/C=C/c1cc(OC)c2cc1OC(CCCCC)C(CCCCCC)CCCCC[Si](C)(C)c1cccc(c1)-c1ccccc1C=C2.CCCCCCCCOc1cc2c(cc1OCCCCCCCC)C1(c3cc(C)ccc3-c3ccc(-c4ccc5c(c4)Oc4cc(C)ccc4N5c4ccc(OCC(CC)CCCC)cc4)cc31)c1cc(OCCCCCCCC)c(OCCCCCCCC)cc1-2. The molecule has 1 spiro atoms.